The minimum Gasteiger partial charge on any atom is -0.494 e. The molecule has 7 heteroatoms. The minimum absolute atomic E-state index is 0.0140. The Hall–Kier alpha value is -2.22. The summed E-state index contributed by atoms with van der Waals surface area (Å²) < 4.78 is 18.4. The van der Waals surface area contributed by atoms with Gasteiger partial charge in [0.15, 0.2) is 6.29 Å². The van der Waals surface area contributed by atoms with Crippen molar-refractivity contribution in [3.8, 4) is 5.75 Å². The Morgan fingerprint density at radius 2 is 1.83 bits per heavy atom. The molecule has 2 aromatic carbocycles. The van der Waals surface area contributed by atoms with Gasteiger partial charge in [0.1, 0.15) is 5.75 Å². The number of hydrogen-bond acceptors (Lipinski definition) is 5. The van der Waals surface area contributed by atoms with Crippen molar-refractivity contribution < 1.29 is 23.8 Å². The first-order valence-electron chi connectivity index (χ1n) is 10.2. The van der Waals surface area contributed by atoms with E-state index in [0.29, 0.717) is 30.9 Å². The van der Waals surface area contributed by atoms with E-state index in [1.807, 2.05) is 25.1 Å². The zero-order valence-corrected chi connectivity index (χ0v) is 18.4. The number of imide groups is 1. The smallest absolute Gasteiger partial charge is 0.261 e. The number of benzene rings is 2. The fraction of sp³-hybridized carbons (Fsp3) is 0.391. The highest BCUT2D eigenvalue weighted by molar-refractivity contribution is 9.10. The van der Waals surface area contributed by atoms with Gasteiger partial charge in [0.2, 0.25) is 0 Å². The average molecular weight is 474 g/mol. The molecular weight excluding hydrogens is 450 g/mol. The Balaban J connectivity index is 1.25. The molecule has 6 nitrogen and oxygen atoms in total. The lowest BCUT2D eigenvalue weighted by molar-refractivity contribution is -0.0619. The van der Waals surface area contributed by atoms with Crippen molar-refractivity contribution >= 4 is 27.7 Å². The lowest BCUT2D eigenvalue weighted by Gasteiger charge is -2.16. The van der Waals surface area contributed by atoms with Gasteiger partial charge >= 0.3 is 0 Å². The maximum Gasteiger partial charge on any atom is 0.261 e. The van der Waals surface area contributed by atoms with Crippen LogP contribution in [0.2, 0.25) is 0 Å². The van der Waals surface area contributed by atoms with Gasteiger partial charge in [-0.15, -0.1) is 0 Å². The van der Waals surface area contributed by atoms with Gasteiger partial charge in [0.25, 0.3) is 11.8 Å². The van der Waals surface area contributed by atoms with E-state index < -0.39 is 6.29 Å². The summed E-state index contributed by atoms with van der Waals surface area (Å²) >= 11 is 3.55. The van der Waals surface area contributed by atoms with Crippen molar-refractivity contribution in [2.75, 3.05) is 19.8 Å². The van der Waals surface area contributed by atoms with E-state index in [2.05, 4.69) is 15.9 Å². The number of ether oxygens (including phenoxy) is 3. The van der Waals surface area contributed by atoms with Gasteiger partial charge < -0.3 is 14.2 Å². The van der Waals surface area contributed by atoms with Crippen LogP contribution in [-0.2, 0) is 9.47 Å². The van der Waals surface area contributed by atoms with Crippen LogP contribution in [0.5, 0.6) is 5.75 Å². The van der Waals surface area contributed by atoms with Gasteiger partial charge in [0.05, 0.1) is 30.4 Å². The molecule has 30 heavy (non-hydrogen) atoms. The summed E-state index contributed by atoms with van der Waals surface area (Å²) in [5.41, 5.74) is 1.91. The summed E-state index contributed by atoms with van der Waals surface area (Å²) in [7, 11) is 0. The molecule has 0 radical (unpaired) electrons. The standard InChI is InChI=1S/C23H24BrNO5/c1-2-28-15-10-11-20(24)19(13-15)23-29-14-16(30-23)7-5-6-12-25-21(26)17-8-3-4-9-18(17)22(25)27/h3-4,8-11,13,16,23H,2,5-7,12,14H2,1H3. The number of unbranched alkanes of at least 4 members (excludes halogenated alkanes) is 1. The Labute approximate surface area is 184 Å². The van der Waals surface area contributed by atoms with Crippen molar-refractivity contribution in [2.24, 2.45) is 0 Å². The van der Waals surface area contributed by atoms with Gasteiger partial charge in [-0.2, -0.15) is 0 Å². The Morgan fingerprint density at radius 1 is 1.10 bits per heavy atom. The van der Waals surface area contributed by atoms with Gasteiger partial charge in [-0.1, -0.05) is 28.1 Å². The van der Waals surface area contributed by atoms with Crippen molar-refractivity contribution in [3.63, 3.8) is 0 Å². The molecule has 2 heterocycles. The SMILES string of the molecule is CCOc1ccc(Br)c(C2OCC(CCCCN3C(=O)c4ccccc4C3=O)O2)c1. The molecule has 2 aliphatic rings. The highest BCUT2D eigenvalue weighted by Crippen LogP contribution is 2.35. The molecule has 158 valence electrons. The predicted molar refractivity (Wildman–Crippen MR) is 115 cm³/mol. The van der Waals surface area contributed by atoms with E-state index in [4.69, 9.17) is 14.2 Å². The molecule has 1 saturated heterocycles. The van der Waals surface area contributed by atoms with Crippen LogP contribution in [0.4, 0.5) is 0 Å². The zero-order chi connectivity index (χ0) is 21.1. The van der Waals surface area contributed by atoms with Crippen LogP contribution in [0.3, 0.4) is 0 Å². The summed E-state index contributed by atoms with van der Waals surface area (Å²) in [6, 6.07) is 12.7. The number of amides is 2. The van der Waals surface area contributed by atoms with Gasteiger partial charge in [-0.05, 0) is 56.5 Å². The zero-order valence-electron chi connectivity index (χ0n) is 16.8. The van der Waals surface area contributed by atoms with E-state index in [0.717, 1.165) is 35.0 Å². The molecule has 2 atom stereocenters. The first-order chi connectivity index (χ1) is 14.6. The molecule has 0 aromatic heterocycles. The molecule has 2 amide bonds. The normalized spacial score (nSPS) is 20.7. The summed E-state index contributed by atoms with van der Waals surface area (Å²) in [4.78, 5) is 26.2. The number of hydrogen-bond donors (Lipinski definition) is 0. The predicted octanol–water partition coefficient (Wildman–Crippen LogP) is 4.73. The topological polar surface area (TPSA) is 65.1 Å². The molecule has 1 fully saturated rings. The Bertz CT molecular complexity index is 912. The van der Waals surface area contributed by atoms with E-state index in [1.165, 1.54) is 4.90 Å². The number of rotatable bonds is 8. The molecule has 2 aromatic rings. The number of halogens is 1. The van der Waals surface area contributed by atoms with Crippen molar-refractivity contribution in [3.05, 3.63) is 63.6 Å². The second-order valence-electron chi connectivity index (χ2n) is 7.34. The monoisotopic (exact) mass is 473 g/mol. The molecular formula is C23H24BrNO5. The summed E-state index contributed by atoms with van der Waals surface area (Å²) in [5, 5.41) is 0. The largest absolute Gasteiger partial charge is 0.494 e. The van der Waals surface area contributed by atoms with Crippen molar-refractivity contribution in [2.45, 2.75) is 38.6 Å². The lowest BCUT2D eigenvalue weighted by Crippen LogP contribution is -2.30. The van der Waals surface area contributed by atoms with E-state index in [-0.39, 0.29) is 17.9 Å². The van der Waals surface area contributed by atoms with Crippen LogP contribution >= 0.6 is 15.9 Å². The molecule has 0 spiro atoms. The maximum absolute atomic E-state index is 12.4. The number of carbonyl (C=O) groups is 2. The number of fused-ring (bicyclic) bond motifs is 1. The first kappa shape index (κ1) is 21.0. The van der Waals surface area contributed by atoms with Crippen LogP contribution in [0, 0.1) is 0 Å². The molecule has 0 aliphatic carbocycles. The summed E-state index contributed by atoms with van der Waals surface area (Å²) in [6.45, 7) is 3.49. The average Bonchev–Trinajstić information content (AvgIpc) is 3.31. The molecule has 0 N–H and O–H groups in total. The van der Waals surface area contributed by atoms with Crippen LogP contribution in [0.1, 0.15) is 58.8 Å². The third-order valence-electron chi connectivity index (χ3n) is 5.32. The lowest BCUT2D eigenvalue weighted by atomic mass is 10.1. The molecule has 0 saturated carbocycles. The van der Waals surface area contributed by atoms with Gasteiger partial charge in [-0.3, -0.25) is 14.5 Å². The molecule has 2 aliphatic heterocycles. The van der Waals surface area contributed by atoms with Crippen LogP contribution in [0.25, 0.3) is 0 Å². The summed E-state index contributed by atoms with van der Waals surface area (Å²) in [6.07, 6.45) is 1.94. The van der Waals surface area contributed by atoms with E-state index in [9.17, 15) is 9.59 Å². The third-order valence-corrected chi connectivity index (χ3v) is 6.04. The van der Waals surface area contributed by atoms with Crippen LogP contribution < -0.4 is 4.74 Å². The molecule has 2 unspecified atom stereocenters. The number of carbonyl (C=O) groups excluding carboxylic acids is 2. The molecule has 4 rings (SSSR count). The van der Waals surface area contributed by atoms with Crippen LogP contribution in [0.15, 0.2) is 46.9 Å². The minimum atomic E-state index is -0.430. The first-order valence-corrected chi connectivity index (χ1v) is 11.0. The van der Waals surface area contributed by atoms with Crippen LogP contribution in [-0.4, -0.2) is 42.6 Å². The highest BCUT2D eigenvalue weighted by Gasteiger charge is 2.34. The third kappa shape index (κ3) is 4.29. The molecule has 0 bridgehead atoms. The quantitative estimate of drug-likeness (QED) is 0.409. The van der Waals surface area contributed by atoms with Crippen molar-refractivity contribution in [1.82, 2.24) is 4.90 Å². The second-order valence-corrected chi connectivity index (χ2v) is 8.20. The fourth-order valence-corrected chi connectivity index (χ4v) is 4.24. The van der Waals surface area contributed by atoms with E-state index >= 15 is 0 Å². The highest BCUT2D eigenvalue weighted by atomic mass is 79.9. The fourth-order valence-electron chi connectivity index (χ4n) is 3.81. The van der Waals surface area contributed by atoms with Gasteiger partial charge in [0, 0.05) is 16.6 Å². The Morgan fingerprint density at radius 3 is 2.53 bits per heavy atom. The maximum atomic E-state index is 12.4. The summed E-state index contributed by atoms with van der Waals surface area (Å²) in [5.74, 6) is 0.387. The Kier molecular flexibility index (Phi) is 6.51. The second kappa shape index (κ2) is 9.29. The van der Waals surface area contributed by atoms with Gasteiger partial charge in [-0.25, -0.2) is 0 Å². The number of nitrogens with zero attached hydrogens (tertiary/aromatic N) is 1. The van der Waals surface area contributed by atoms with Crippen molar-refractivity contribution in [1.29, 1.82) is 0 Å². The van der Waals surface area contributed by atoms with E-state index in [1.54, 1.807) is 24.3 Å².